The number of anilines is 1. The van der Waals surface area contributed by atoms with Gasteiger partial charge in [-0.15, -0.1) is 11.3 Å². The number of nitrogens with zero attached hydrogens (tertiary/aromatic N) is 1. The van der Waals surface area contributed by atoms with E-state index in [1.165, 1.54) is 11.3 Å². The number of para-hydroxylation sites is 1. The molecule has 122 valence electrons. The molecular formula is C19H18N2O2S. The molecule has 0 spiro atoms. The van der Waals surface area contributed by atoms with E-state index in [2.05, 4.69) is 17.2 Å². The molecular weight excluding hydrogens is 320 g/mol. The first-order valence-electron chi connectivity index (χ1n) is 7.77. The van der Waals surface area contributed by atoms with Crippen molar-refractivity contribution in [1.29, 1.82) is 0 Å². The average Bonchev–Trinajstić information content (AvgIpc) is 3.09. The van der Waals surface area contributed by atoms with Gasteiger partial charge >= 0.3 is 0 Å². The summed E-state index contributed by atoms with van der Waals surface area (Å²) in [6.07, 6.45) is 0.866. The first kappa shape index (κ1) is 16.2. The SMILES string of the molecule is CCc1ccccc1OCC(=O)Nc1nc(-c2ccccc2)cs1. The zero-order valence-electron chi connectivity index (χ0n) is 13.4. The number of rotatable bonds is 6. The van der Waals surface area contributed by atoms with Crippen LogP contribution in [-0.4, -0.2) is 17.5 Å². The molecule has 3 aromatic rings. The largest absolute Gasteiger partial charge is 0.483 e. The highest BCUT2D eigenvalue weighted by Gasteiger charge is 2.09. The molecule has 0 unspecified atom stereocenters. The lowest BCUT2D eigenvalue weighted by atomic mass is 10.1. The van der Waals surface area contributed by atoms with Gasteiger partial charge in [0.25, 0.3) is 5.91 Å². The number of aryl methyl sites for hydroxylation is 1. The number of carbonyl (C=O) groups is 1. The predicted octanol–water partition coefficient (Wildman–Crippen LogP) is 4.39. The van der Waals surface area contributed by atoms with Gasteiger partial charge in [-0.2, -0.15) is 0 Å². The Bertz CT molecular complexity index is 815. The van der Waals surface area contributed by atoms with Crippen LogP contribution in [0.1, 0.15) is 12.5 Å². The molecule has 0 fully saturated rings. The maximum Gasteiger partial charge on any atom is 0.264 e. The number of nitrogens with one attached hydrogen (secondary N) is 1. The quantitative estimate of drug-likeness (QED) is 0.725. The maximum atomic E-state index is 12.1. The second kappa shape index (κ2) is 7.75. The van der Waals surface area contributed by atoms with Gasteiger partial charge < -0.3 is 4.74 Å². The third kappa shape index (κ3) is 4.00. The van der Waals surface area contributed by atoms with Crippen LogP contribution in [0.15, 0.2) is 60.0 Å². The highest BCUT2D eigenvalue weighted by Crippen LogP contribution is 2.24. The highest BCUT2D eigenvalue weighted by atomic mass is 32.1. The Morgan fingerprint density at radius 1 is 1.12 bits per heavy atom. The van der Waals surface area contributed by atoms with Crippen LogP contribution in [0.4, 0.5) is 5.13 Å². The molecule has 1 amide bonds. The number of thiazole rings is 1. The van der Waals surface area contributed by atoms with Crippen LogP contribution in [0.2, 0.25) is 0 Å². The Hall–Kier alpha value is -2.66. The summed E-state index contributed by atoms with van der Waals surface area (Å²) < 4.78 is 5.62. The van der Waals surface area contributed by atoms with Crippen LogP contribution in [-0.2, 0) is 11.2 Å². The summed E-state index contributed by atoms with van der Waals surface area (Å²) in [5.41, 5.74) is 2.97. The van der Waals surface area contributed by atoms with E-state index in [0.29, 0.717) is 5.13 Å². The monoisotopic (exact) mass is 338 g/mol. The number of hydrogen-bond donors (Lipinski definition) is 1. The fraction of sp³-hybridized carbons (Fsp3) is 0.158. The van der Waals surface area contributed by atoms with E-state index in [-0.39, 0.29) is 12.5 Å². The van der Waals surface area contributed by atoms with E-state index in [0.717, 1.165) is 29.0 Å². The molecule has 3 rings (SSSR count). The Kier molecular flexibility index (Phi) is 5.23. The van der Waals surface area contributed by atoms with Crippen molar-refractivity contribution in [3.05, 3.63) is 65.5 Å². The summed E-state index contributed by atoms with van der Waals surface area (Å²) in [5.74, 6) is 0.536. The minimum atomic E-state index is -0.213. The Labute approximate surface area is 145 Å². The van der Waals surface area contributed by atoms with Crippen LogP contribution >= 0.6 is 11.3 Å². The normalized spacial score (nSPS) is 10.4. The molecule has 0 radical (unpaired) electrons. The topological polar surface area (TPSA) is 51.2 Å². The fourth-order valence-corrected chi connectivity index (χ4v) is 3.04. The smallest absolute Gasteiger partial charge is 0.264 e. The Balaban J connectivity index is 1.58. The van der Waals surface area contributed by atoms with Gasteiger partial charge in [-0.1, -0.05) is 55.5 Å². The molecule has 5 heteroatoms. The summed E-state index contributed by atoms with van der Waals surface area (Å²) in [4.78, 5) is 16.5. The molecule has 2 aromatic carbocycles. The summed E-state index contributed by atoms with van der Waals surface area (Å²) in [5, 5.41) is 5.29. The van der Waals surface area contributed by atoms with Crippen LogP contribution < -0.4 is 10.1 Å². The lowest BCUT2D eigenvalue weighted by Gasteiger charge is -2.09. The second-order valence-electron chi connectivity index (χ2n) is 5.20. The van der Waals surface area contributed by atoms with E-state index < -0.39 is 0 Å². The van der Waals surface area contributed by atoms with Crippen LogP contribution in [0.25, 0.3) is 11.3 Å². The van der Waals surface area contributed by atoms with Gasteiger partial charge in [-0.25, -0.2) is 4.98 Å². The molecule has 1 aromatic heterocycles. The van der Waals surface area contributed by atoms with Gasteiger partial charge in [0.1, 0.15) is 5.75 Å². The van der Waals surface area contributed by atoms with Gasteiger partial charge in [-0.3, -0.25) is 10.1 Å². The number of carbonyl (C=O) groups excluding carboxylic acids is 1. The third-order valence-corrected chi connectivity index (χ3v) is 4.29. The average molecular weight is 338 g/mol. The molecule has 1 N–H and O–H groups in total. The summed E-state index contributed by atoms with van der Waals surface area (Å²) in [6, 6.07) is 17.6. The van der Waals surface area contributed by atoms with Gasteiger partial charge in [0.05, 0.1) is 5.69 Å². The lowest BCUT2D eigenvalue weighted by molar-refractivity contribution is -0.118. The molecule has 0 aliphatic heterocycles. The van der Waals surface area contributed by atoms with E-state index >= 15 is 0 Å². The van der Waals surface area contributed by atoms with Crippen molar-refractivity contribution in [1.82, 2.24) is 4.98 Å². The summed E-state index contributed by atoms with van der Waals surface area (Å²) >= 11 is 1.40. The molecule has 0 saturated carbocycles. The fourth-order valence-electron chi connectivity index (χ4n) is 2.31. The van der Waals surface area contributed by atoms with Gasteiger partial charge in [0.15, 0.2) is 11.7 Å². The van der Waals surface area contributed by atoms with Crippen LogP contribution in [0.5, 0.6) is 5.75 Å². The Morgan fingerprint density at radius 3 is 2.67 bits per heavy atom. The van der Waals surface area contributed by atoms with Gasteiger partial charge in [0, 0.05) is 10.9 Å². The zero-order valence-corrected chi connectivity index (χ0v) is 14.2. The molecule has 4 nitrogen and oxygen atoms in total. The summed E-state index contributed by atoms with van der Waals surface area (Å²) in [6.45, 7) is 2.03. The molecule has 0 bridgehead atoms. The highest BCUT2D eigenvalue weighted by molar-refractivity contribution is 7.14. The van der Waals surface area contributed by atoms with Crippen molar-refractivity contribution in [2.75, 3.05) is 11.9 Å². The number of hydrogen-bond acceptors (Lipinski definition) is 4. The molecule has 0 aliphatic carbocycles. The zero-order chi connectivity index (χ0) is 16.8. The van der Waals surface area contributed by atoms with Gasteiger partial charge in [-0.05, 0) is 18.1 Å². The maximum absolute atomic E-state index is 12.1. The van der Waals surface area contributed by atoms with Crippen LogP contribution in [0, 0.1) is 0 Å². The van der Waals surface area contributed by atoms with Crippen molar-refractivity contribution in [3.8, 4) is 17.0 Å². The number of amides is 1. The minimum Gasteiger partial charge on any atom is -0.483 e. The Morgan fingerprint density at radius 2 is 1.88 bits per heavy atom. The first-order valence-corrected chi connectivity index (χ1v) is 8.65. The van der Waals surface area contributed by atoms with Crippen molar-refractivity contribution < 1.29 is 9.53 Å². The summed E-state index contributed by atoms with van der Waals surface area (Å²) in [7, 11) is 0. The molecule has 24 heavy (non-hydrogen) atoms. The number of aromatic nitrogens is 1. The van der Waals surface area contributed by atoms with Crippen molar-refractivity contribution in [2.24, 2.45) is 0 Å². The number of ether oxygens (including phenoxy) is 1. The minimum absolute atomic E-state index is 0.0305. The van der Waals surface area contributed by atoms with E-state index in [4.69, 9.17) is 4.74 Å². The lowest BCUT2D eigenvalue weighted by Crippen LogP contribution is -2.20. The number of benzene rings is 2. The van der Waals surface area contributed by atoms with Crippen molar-refractivity contribution in [2.45, 2.75) is 13.3 Å². The van der Waals surface area contributed by atoms with Crippen molar-refractivity contribution >= 4 is 22.4 Å². The molecule has 1 heterocycles. The predicted molar refractivity (Wildman–Crippen MR) is 97.5 cm³/mol. The van der Waals surface area contributed by atoms with Crippen LogP contribution in [0.3, 0.4) is 0 Å². The molecule has 0 aliphatic rings. The third-order valence-electron chi connectivity index (χ3n) is 3.53. The van der Waals surface area contributed by atoms with E-state index in [9.17, 15) is 4.79 Å². The van der Waals surface area contributed by atoms with E-state index in [1.54, 1.807) is 0 Å². The standard InChI is InChI=1S/C19H18N2O2S/c1-2-14-8-6-7-11-17(14)23-12-18(22)21-19-20-16(13-24-19)15-9-4-3-5-10-15/h3-11,13H,2,12H2,1H3,(H,20,21,22). The van der Waals surface area contributed by atoms with Crippen molar-refractivity contribution in [3.63, 3.8) is 0 Å². The molecule has 0 saturated heterocycles. The van der Waals surface area contributed by atoms with Gasteiger partial charge in [0.2, 0.25) is 0 Å². The molecule has 0 atom stereocenters. The first-order chi connectivity index (χ1) is 11.8. The van der Waals surface area contributed by atoms with E-state index in [1.807, 2.05) is 60.0 Å². The second-order valence-corrected chi connectivity index (χ2v) is 6.06.